The first-order valence-corrected chi connectivity index (χ1v) is 5.86. The molecule has 0 amide bonds. The normalized spacial score (nSPS) is 12.7. The zero-order chi connectivity index (χ0) is 11.7. The Morgan fingerprint density at radius 1 is 1.38 bits per heavy atom. The number of benzene rings is 1. The van der Waals surface area contributed by atoms with Crippen LogP contribution >= 0.6 is 11.3 Å². The number of thiazole rings is 1. The van der Waals surface area contributed by atoms with Gasteiger partial charge in [0, 0.05) is 6.20 Å². The molecule has 1 heterocycles. The maximum absolute atomic E-state index is 10.2. The van der Waals surface area contributed by atoms with Gasteiger partial charge in [0.25, 0.3) is 0 Å². The lowest BCUT2D eigenvalue weighted by Crippen LogP contribution is -2.00. The predicted octanol–water partition coefficient (Wildman–Crippen LogP) is 2.42. The first-order chi connectivity index (χ1) is 7.58. The Morgan fingerprint density at radius 3 is 2.75 bits per heavy atom. The van der Waals surface area contributed by atoms with Crippen molar-refractivity contribution in [1.29, 1.82) is 0 Å². The maximum atomic E-state index is 10.2. The molecule has 1 aromatic carbocycles. The van der Waals surface area contributed by atoms with Crippen molar-refractivity contribution in [3.05, 3.63) is 46.0 Å². The maximum Gasteiger partial charge on any atom is 0.180 e. The van der Waals surface area contributed by atoms with Crippen LogP contribution in [0.2, 0.25) is 0 Å². The van der Waals surface area contributed by atoms with Crippen molar-refractivity contribution in [2.24, 2.45) is 0 Å². The van der Waals surface area contributed by atoms with Gasteiger partial charge in [-0.1, -0.05) is 35.1 Å². The van der Waals surface area contributed by atoms with Crippen LogP contribution in [0.1, 0.15) is 27.7 Å². The number of hydrogen-bond acceptors (Lipinski definition) is 4. The van der Waals surface area contributed by atoms with Crippen molar-refractivity contribution < 1.29 is 5.11 Å². The van der Waals surface area contributed by atoms with Crippen LogP contribution in [0.4, 0.5) is 5.13 Å². The fourth-order valence-electron chi connectivity index (χ4n) is 1.63. The monoisotopic (exact) mass is 234 g/mol. The minimum atomic E-state index is -0.630. The summed E-state index contributed by atoms with van der Waals surface area (Å²) in [6, 6.07) is 6.04. The summed E-state index contributed by atoms with van der Waals surface area (Å²) in [5.41, 5.74) is 8.69. The number of aryl methyl sites for hydroxylation is 2. The highest BCUT2D eigenvalue weighted by Gasteiger charge is 2.15. The van der Waals surface area contributed by atoms with E-state index in [9.17, 15) is 5.11 Å². The molecular formula is C12H14N2OS. The highest BCUT2D eigenvalue weighted by atomic mass is 32.1. The smallest absolute Gasteiger partial charge is 0.180 e. The second-order valence-electron chi connectivity index (χ2n) is 3.86. The Labute approximate surface area is 98.6 Å². The Kier molecular flexibility index (Phi) is 2.94. The van der Waals surface area contributed by atoms with Gasteiger partial charge in [-0.25, -0.2) is 4.98 Å². The molecule has 3 N–H and O–H groups in total. The minimum Gasteiger partial charge on any atom is -0.383 e. The average molecular weight is 234 g/mol. The summed E-state index contributed by atoms with van der Waals surface area (Å²) in [5.74, 6) is 0. The van der Waals surface area contributed by atoms with E-state index < -0.39 is 6.10 Å². The molecule has 3 nitrogen and oxygen atoms in total. The van der Waals surface area contributed by atoms with E-state index in [1.807, 2.05) is 32.0 Å². The van der Waals surface area contributed by atoms with Crippen LogP contribution < -0.4 is 5.73 Å². The Morgan fingerprint density at radius 2 is 2.12 bits per heavy atom. The first-order valence-electron chi connectivity index (χ1n) is 5.04. The first kappa shape index (κ1) is 11.1. The number of nitrogen functional groups attached to an aromatic ring is 1. The third-order valence-corrected chi connectivity index (χ3v) is 3.42. The topological polar surface area (TPSA) is 59.1 Å². The summed E-state index contributed by atoms with van der Waals surface area (Å²) >= 11 is 1.32. The number of aliphatic hydroxyl groups is 1. The van der Waals surface area contributed by atoms with Crippen molar-refractivity contribution in [3.8, 4) is 0 Å². The van der Waals surface area contributed by atoms with Crippen LogP contribution in [0.5, 0.6) is 0 Å². The lowest BCUT2D eigenvalue weighted by atomic mass is 10.0. The Balaban J connectivity index is 2.40. The number of aromatic nitrogens is 1. The van der Waals surface area contributed by atoms with Crippen molar-refractivity contribution in [1.82, 2.24) is 4.98 Å². The summed E-state index contributed by atoms with van der Waals surface area (Å²) in [6.45, 7) is 4.00. The molecule has 4 heteroatoms. The largest absolute Gasteiger partial charge is 0.383 e. The van der Waals surface area contributed by atoms with Crippen LogP contribution in [-0.4, -0.2) is 10.1 Å². The number of aliphatic hydroxyl groups excluding tert-OH is 1. The van der Waals surface area contributed by atoms with Gasteiger partial charge >= 0.3 is 0 Å². The molecule has 16 heavy (non-hydrogen) atoms. The van der Waals surface area contributed by atoms with Gasteiger partial charge in [0.1, 0.15) is 6.10 Å². The van der Waals surface area contributed by atoms with Gasteiger partial charge in [-0.15, -0.1) is 0 Å². The lowest BCUT2D eigenvalue weighted by molar-refractivity contribution is 0.223. The minimum absolute atomic E-state index is 0.486. The number of anilines is 1. The summed E-state index contributed by atoms with van der Waals surface area (Å²) in [5, 5.41) is 10.7. The van der Waals surface area contributed by atoms with Crippen molar-refractivity contribution >= 4 is 16.5 Å². The van der Waals surface area contributed by atoms with Gasteiger partial charge in [0.15, 0.2) is 5.13 Å². The third-order valence-electron chi connectivity index (χ3n) is 2.54. The second-order valence-corrected chi connectivity index (χ2v) is 4.96. The SMILES string of the molecule is Cc1ccc(C)c(C(O)c2cnc(N)s2)c1. The molecule has 1 aromatic heterocycles. The summed E-state index contributed by atoms with van der Waals surface area (Å²) < 4.78 is 0. The fourth-order valence-corrected chi connectivity index (χ4v) is 2.33. The fraction of sp³-hybridized carbons (Fsp3) is 0.250. The van der Waals surface area contributed by atoms with Crippen LogP contribution in [-0.2, 0) is 0 Å². The average Bonchev–Trinajstić information content (AvgIpc) is 2.67. The zero-order valence-electron chi connectivity index (χ0n) is 9.27. The van der Waals surface area contributed by atoms with Gasteiger partial charge in [-0.05, 0) is 25.0 Å². The number of nitrogens with zero attached hydrogens (tertiary/aromatic N) is 1. The van der Waals surface area contributed by atoms with Crippen molar-refractivity contribution in [2.45, 2.75) is 20.0 Å². The molecule has 0 saturated heterocycles. The van der Waals surface area contributed by atoms with Crippen LogP contribution in [0.3, 0.4) is 0 Å². The highest BCUT2D eigenvalue weighted by Crippen LogP contribution is 2.30. The molecule has 0 aliphatic rings. The van der Waals surface area contributed by atoms with Gasteiger partial charge in [0.2, 0.25) is 0 Å². The molecular weight excluding hydrogens is 220 g/mol. The van der Waals surface area contributed by atoms with E-state index in [1.165, 1.54) is 11.3 Å². The van der Waals surface area contributed by atoms with E-state index in [2.05, 4.69) is 4.98 Å². The van der Waals surface area contributed by atoms with Crippen LogP contribution in [0.15, 0.2) is 24.4 Å². The van der Waals surface area contributed by atoms with Gasteiger partial charge in [0.05, 0.1) is 4.88 Å². The molecule has 0 fully saturated rings. The number of hydrogen-bond donors (Lipinski definition) is 2. The molecule has 84 valence electrons. The zero-order valence-corrected chi connectivity index (χ0v) is 10.1. The lowest BCUT2D eigenvalue weighted by Gasteiger charge is -2.12. The molecule has 0 aliphatic carbocycles. The molecule has 1 atom stereocenters. The summed E-state index contributed by atoms with van der Waals surface area (Å²) in [7, 11) is 0. The molecule has 1 unspecified atom stereocenters. The molecule has 0 bridgehead atoms. The molecule has 2 rings (SSSR count). The van der Waals surface area contributed by atoms with Gasteiger partial charge in [-0.2, -0.15) is 0 Å². The third kappa shape index (κ3) is 2.08. The molecule has 0 saturated carbocycles. The van der Waals surface area contributed by atoms with Crippen molar-refractivity contribution in [2.75, 3.05) is 5.73 Å². The van der Waals surface area contributed by atoms with Crippen LogP contribution in [0.25, 0.3) is 0 Å². The standard InChI is InChI=1S/C12H14N2OS/c1-7-3-4-8(2)9(5-7)11(15)10-6-14-12(13)16-10/h3-6,11,15H,1-2H3,(H2,13,14). The highest BCUT2D eigenvalue weighted by molar-refractivity contribution is 7.15. The molecule has 0 spiro atoms. The van der Waals surface area contributed by atoms with E-state index in [0.29, 0.717) is 5.13 Å². The summed E-state index contributed by atoms with van der Waals surface area (Å²) in [6.07, 6.45) is 1.00. The number of nitrogens with two attached hydrogens (primary N) is 1. The van der Waals surface area contributed by atoms with E-state index in [1.54, 1.807) is 6.20 Å². The van der Waals surface area contributed by atoms with E-state index in [0.717, 1.165) is 21.6 Å². The van der Waals surface area contributed by atoms with E-state index >= 15 is 0 Å². The molecule has 0 radical (unpaired) electrons. The second kappa shape index (κ2) is 4.23. The van der Waals surface area contributed by atoms with Crippen LogP contribution in [0, 0.1) is 13.8 Å². The van der Waals surface area contributed by atoms with Crippen molar-refractivity contribution in [3.63, 3.8) is 0 Å². The van der Waals surface area contributed by atoms with Gasteiger partial charge < -0.3 is 10.8 Å². The predicted molar refractivity (Wildman–Crippen MR) is 66.5 cm³/mol. The van der Waals surface area contributed by atoms with E-state index in [-0.39, 0.29) is 0 Å². The Bertz CT molecular complexity index is 507. The van der Waals surface area contributed by atoms with E-state index in [4.69, 9.17) is 5.73 Å². The quantitative estimate of drug-likeness (QED) is 0.839. The number of rotatable bonds is 2. The molecule has 0 aliphatic heterocycles. The van der Waals surface area contributed by atoms with Gasteiger partial charge in [-0.3, -0.25) is 0 Å². The Hall–Kier alpha value is -1.39. The molecule has 2 aromatic rings. The summed E-state index contributed by atoms with van der Waals surface area (Å²) in [4.78, 5) is 4.74.